The van der Waals surface area contributed by atoms with Crippen LogP contribution in [0.5, 0.6) is 0 Å². The Bertz CT molecular complexity index is 481. The van der Waals surface area contributed by atoms with E-state index in [4.69, 9.17) is 18.9 Å². The van der Waals surface area contributed by atoms with Crippen LogP contribution in [0.1, 0.15) is 25.8 Å². The Labute approximate surface area is 137 Å². The Kier molecular flexibility index (Phi) is 6.57. The lowest BCUT2D eigenvalue weighted by atomic mass is 9.68. The lowest BCUT2D eigenvalue weighted by Crippen LogP contribution is -2.61. The molecule has 0 N–H and O–H groups in total. The fourth-order valence-corrected chi connectivity index (χ4v) is 3.13. The molecule has 2 rings (SSSR count). The second-order valence-electron chi connectivity index (χ2n) is 5.62. The number of hydrogen-bond donors (Lipinski definition) is 0. The normalized spacial score (nSPS) is 22.4. The predicted molar refractivity (Wildman–Crippen MR) is 85.7 cm³/mol. The zero-order valence-corrected chi connectivity index (χ0v) is 14.1. The summed E-state index contributed by atoms with van der Waals surface area (Å²) in [7, 11) is 1.41. The van der Waals surface area contributed by atoms with Crippen LogP contribution in [0.3, 0.4) is 0 Å². The van der Waals surface area contributed by atoms with Gasteiger partial charge in [0.25, 0.3) is 0 Å². The van der Waals surface area contributed by atoms with E-state index in [0.29, 0.717) is 32.8 Å². The van der Waals surface area contributed by atoms with Gasteiger partial charge in [-0.2, -0.15) is 0 Å². The molecule has 1 aromatic rings. The minimum atomic E-state index is -0.737. The minimum absolute atomic E-state index is 0.154. The van der Waals surface area contributed by atoms with Crippen LogP contribution in [0, 0.1) is 11.8 Å². The third-order valence-electron chi connectivity index (χ3n) is 4.25. The van der Waals surface area contributed by atoms with E-state index in [1.165, 1.54) is 7.11 Å². The highest BCUT2D eigenvalue weighted by atomic mass is 16.7. The molecule has 1 aliphatic carbocycles. The molecule has 0 radical (unpaired) electrons. The molecule has 0 unspecified atom stereocenters. The van der Waals surface area contributed by atoms with Crippen molar-refractivity contribution in [3.63, 3.8) is 0 Å². The molecule has 1 fully saturated rings. The molecule has 1 aliphatic rings. The first-order chi connectivity index (χ1) is 11.2. The number of ether oxygens (including phenoxy) is 4. The molecule has 23 heavy (non-hydrogen) atoms. The quantitative estimate of drug-likeness (QED) is 0.517. The Hall–Kier alpha value is -1.43. The molecule has 1 saturated carbocycles. The fourth-order valence-electron chi connectivity index (χ4n) is 3.13. The zero-order chi connectivity index (χ0) is 16.7. The van der Waals surface area contributed by atoms with Crippen molar-refractivity contribution < 1.29 is 23.7 Å². The average molecular weight is 322 g/mol. The number of hydrogen-bond acceptors (Lipinski definition) is 5. The second-order valence-corrected chi connectivity index (χ2v) is 5.62. The van der Waals surface area contributed by atoms with Gasteiger partial charge in [-0.05, 0) is 19.4 Å². The second kappa shape index (κ2) is 8.43. The molecule has 0 heterocycles. The van der Waals surface area contributed by atoms with Crippen LogP contribution in [0.15, 0.2) is 30.3 Å². The molecule has 0 aliphatic heterocycles. The van der Waals surface area contributed by atoms with Crippen LogP contribution < -0.4 is 0 Å². The van der Waals surface area contributed by atoms with Crippen molar-refractivity contribution in [1.82, 2.24) is 0 Å². The van der Waals surface area contributed by atoms with Crippen LogP contribution in [0.4, 0.5) is 0 Å². The maximum absolute atomic E-state index is 11.9. The molecule has 128 valence electrons. The van der Waals surface area contributed by atoms with Crippen LogP contribution in [0.25, 0.3) is 0 Å². The number of rotatable bonds is 9. The fraction of sp³-hybridized carbons (Fsp3) is 0.611. The lowest BCUT2D eigenvalue weighted by Gasteiger charge is -2.52. The molecule has 2 atom stereocenters. The van der Waals surface area contributed by atoms with Crippen molar-refractivity contribution in [2.75, 3.05) is 26.9 Å². The van der Waals surface area contributed by atoms with Gasteiger partial charge in [0.2, 0.25) is 0 Å². The first-order valence-corrected chi connectivity index (χ1v) is 8.14. The average Bonchev–Trinajstić information content (AvgIpc) is 2.57. The number of carbonyl (C=O) groups excluding carboxylic acids is 1. The summed E-state index contributed by atoms with van der Waals surface area (Å²) in [5.41, 5.74) is 1.10. The van der Waals surface area contributed by atoms with E-state index in [0.717, 1.165) is 5.56 Å². The van der Waals surface area contributed by atoms with E-state index in [-0.39, 0.29) is 17.8 Å². The van der Waals surface area contributed by atoms with Gasteiger partial charge in [-0.3, -0.25) is 4.79 Å². The topological polar surface area (TPSA) is 54.0 Å². The van der Waals surface area contributed by atoms with Gasteiger partial charge in [-0.15, -0.1) is 0 Å². The van der Waals surface area contributed by atoms with E-state index < -0.39 is 5.79 Å². The summed E-state index contributed by atoms with van der Waals surface area (Å²) in [6, 6.07) is 9.94. The van der Waals surface area contributed by atoms with Crippen molar-refractivity contribution in [1.29, 1.82) is 0 Å². The van der Waals surface area contributed by atoms with Gasteiger partial charge < -0.3 is 18.9 Å². The van der Waals surface area contributed by atoms with Gasteiger partial charge >= 0.3 is 5.97 Å². The molecule has 1 aromatic carbocycles. The van der Waals surface area contributed by atoms with Crippen LogP contribution >= 0.6 is 0 Å². The zero-order valence-electron chi connectivity index (χ0n) is 14.1. The predicted octanol–water partition coefficient (Wildman–Crippen LogP) is 2.78. The summed E-state index contributed by atoms with van der Waals surface area (Å²) in [6.45, 7) is 5.81. The summed E-state index contributed by atoms with van der Waals surface area (Å²) in [6.07, 6.45) is 0.515. The first kappa shape index (κ1) is 17.9. The summed E-state index contributed by atoms with van der Waals surface area (Å²) in [4.78, 5) is 11.9. The van der Waals surface area contributed by atoms with Gasteiger partial charge in [0, 0.05) is 25.6 Å². The highest BCUT2D eigenvalue weighted by molar-refractivity contribution is 5.74. The monoisotopic (exact) mass is 322 g/mol. The minimum Gasteiger partial charge on any atom is -0.469 e. The third-order valence-corrected chi connectivity index (χ3v) is 4.25. The Morgan fingerprint density at radius 1 is 1.17 bits per heavy atom. The van der Waals surface area contributed by atoms with Gasteiger partial charge in [0.1, 0.15) is 0 Å². The Morgan fingerprint density at radius 3 is 2.39 bits per heavy atom. The summed E-state index contributed by atoms with van der Waals surface area (Å²) in [5.74, 6) is -1.36. The van der Waals surface area contributed by atoms with Crippen molar-refractivity contribution in [3.8, 4) is 0 Å². The van der Waals surface area contributed by atoms with Crippen molar-refractivity contribution in [2.24, 2.45) is 11.8 Å². The van der Waals surface area contributed by atoms with Crippen LogP contribution in [-0.2, 0) is 30.3 Å². The summed E-state index contributed by atoms with van der Waals surface area (Å²) >= 11 is 0. The van der Waals surface area contributed by atoms with E-state index in [9.17, 15) is 4.79 Å². The standard InChI is InChI=1S/C18H26O5/c1-4-22-18(23-5-2)11-15(17(19)20-3)16(18)13-21-12-14-9-7-6-8-10-14/h6-10,15-16H,4-5,11-13H2,1-3H3/t15-,16+/m1/s1. The van der Waals surface area contributed by atoms with Gasteiger partial charge in [-0.1, -0.05) is 30.3 Å². The summed E-state index contributed by atoms with van der Waals surface area (Å²) < 4.78 is 22.4. The van der Waals surface area contributed by atoms with E-state index in [1.807, 2.05) is 44.2 Å². The number of benzene rings is 1. The first-order valence-electron chi connectivity index (χ1n) is 8.14. The molecule has 0 amide bonds. The van der Waals surface area contributed by atoms with Crippen molar-refractivity contribution in [3.05, 3.63) is 35.9 Å². The Morgan fingerprint density at radius 2 is 1.83 bits per heavy atom. The van der Waals surface area contributed by atoms with Gasteiger partial charge in [-0.25, -0.2) is 0 Å². The molecular weight excluding hydrogens is 296 g/mol. The van der Waals surface area contributed by atoms with Crippen LogP contribution in [-0.4, -0.2) is 38.7 Å². The molecule has 0 aromatic heterocycles. The smallest absolute Gasteiger partial charge is 0.309 e. The number of carbonyl (C=O) groups is 1. The molecule has 5 heteroatoms. The van der Waals surface area contributed by atoms with Gasteiger partial charge in [0.15, 0.2) is 5.79 Å². The molecule has 0 spiro atoms. The van der Waals surface area contributed by atoms with E-state index in [2.05, 4.69) is 0 Å². The SMILES string of the molecule is CCOC1(OCC)C[C@@H](C(=O)OC)[C@@H]1COCc1ccccc1. The van der Waals surface area contributed by atoms with E-state index in [1.54, 1.807) is 0 Å². The highest BCUT2D eigenvalue weighted by Gasteiger charge is 2.59. The molecular formula is C18H26O5. The Balaban J connectivity index is 2.00. The maximum atomic E-state index is 11.9. The van der Waals surface area contributed by atoms with Crippen molar-refractivity contribution in [2.45, 2.75) is 32.7 Å². The largest absolute Gasteiger partial charge is 0.469 e. The van der Waals surface area contributed by atoms with Crippen LogP contribution in [0.2, 0.25) is 0 Å². The highest BCUT2D eigenvalue weighted by Crippen LogP contribution is 2.48. The number of methoxy groups -OCH3 is 1. The van der Waals surface area contributed by atoms with Crippen molar-refractivity contribution >= 4 is 5.97 Å². The molecule has 0 saturated heterocycles. The number of esters is 1. The van der Waals surface area contributed by atoms with Gasteiger partial charge in [0.05, 0.1) is 26.2 Å². The molecule has 5 nitrogen and oxygen atoms in total. The third kappa shape index (κ3) is 4.10. The maximum Gasteiger partial charge on any atom is 0.309 e. The lowest BCUT2D eigenvalue weighted by molar-refractivity contribution is -0.333. The summed E-state index contributed by atoms with van der Waals surface area (Å²) in [5, 5.41) is 0. The molecule has 0 bridgehead atoms. The van der Waals surface area contributed by atoms with E-state index >= 15 is 0 Å².